The summed E-state index contributed by atoms with van der Waals surface area (Å²) in [5, 5.41) is 10.3. The van der Waals surface area contributed by atoms with Crippen LogP contribution in [0.25, 0.3) is 10.9 Å². The van der Waals surface area contributed by atoms with E-state index in [0.717, 1.165) is 23.9 Å². The van der Waals surface area contributed by atoms with E-state index in [4.69, 9.17) is 5.11 Å². The highest BCUT2D eigenvalue weighted by molar-refractivity contribution is 5.86. The molecule has 0 aliphatic heterocycles. The number of hydrogen-bond acceptors (Lipinski definition) is 2. The van der Waals surface area contributed by atoms with Crippen molar-refractivity contribution in [3.05, 3.63) is 35.5 Å². The third-order valence-corrected chi connectivity index (χ3v) is 4.82. The molecule has 1 aromatic carbocycles. The van der Waals surface area contributed by atoms with Crippen LogP contribution in [0.3, 0.4) is 0 Å². The summed E-state index contributed by atoms with van der Waals surface area (Å²) < 4.78 is 0. The van der Waals surface area contributed by atoms with E-state index in [1.54, 1.807) is 11.8 Å². The van der Waals surface area contributed by atoms with Crippen LogP contribution in [0.4, 0.5) is 0 Å². The number of nitrogens with one attached hydrogen (secondary N) is 1. The molecule has 5 heteroatoms. The lowest BCUT2D eigenvalue weighted by molar-refractivity contribution is -0.143. The summed E-state index contributed by atoms with van der Waals surface area (Å²) in [6, 6.07) is 6.41. The molecule has 0 radical (unpaired) electrons. The number of aromatic nitrogens is 1. The second-order valence-electron chi connectivity index (χ2n) is 6.83. The zero-order valence-corrected chi connectivity index (χ0v) is 14.2. The number of H-pyrrole nitrogens is 1. The average molecular weight is 328 g/mol. The molecule has 1 atom stereocenters. The summed E-state index contributed by atoms with van der Waals surface area (Å²) in [4.78, 5) is 28.8. The quantitative estimate of drug-likeness (QED) is 0.820. The normalized spacial score (nSPS) is 15.4. The maximum atomic E-state index is 12.6. The van der Waals surface area contributed by atoms with Crippen molar-refractivity contribution in [2.45, 2.75) is 45.6 Å². The number of para-hydroxylation sites is 1. The Bertz CT molecular complexity index is 761. The number of aliphatic carboxylic acids is 1. The predicted octanol–water partition coefficient (Wildman–Crippen LogP) is 3.12. The maximum absolute atomic E-state index is 12.6. The van der Waals surface area contributed by atoms with Crippen LogP contribution in [0.5, 0.6) is 0 Å². The van der Waals surface area contributed by atoms with Gasteiger partial charge in [-0.3, -0.25) is 9.59 Å². The fourth-order valence-electron chi connectivity index (χ4n) is 3.17. The fourth-order valence-corrected chi connectivity index (χ4v) is 3.17. The average Bonchev–Trinajstić information content (AvgIpc) is 3.30. The number of carboxylic acid groups (broad SMARTS) is 1. The fraction of sp³-hybridized carbons (Fsp3) is 0.474. The number of fused-ring (bicyclic) bond motifs is 1. The van der Waals surface area contributed by atoms with Gasteiger partial charge in [-0.15, -0.1) is 0 Å². The Morgan fingerprint density at radius 3 is 2.79 bits per heavy atom. The summed E-state index contributed by atoms with van der Waals surface area (Å²) in [7, 11) is 0. The van der Waals surface area contributed by atoms with Gasteiger partial charge in [0.2, 0.25) is 5.91 Å². The first-order chi connectivity index (χ1) is 11.5. The van der Waals surface area contributed by atoms with E-state index in [1.807, 2.05) is 12.3 Å². The Labute approximate surface area is 141 Å². The first kappa shape index (κ1) is 16.6. The second-order valence-corrected chi connectivity index (χ2v) is 6.83. The highest BCUT2D eigenvalue weighted by atomic mass is 16.4. The first-order valence-corrected chi connectivity index (χ1v) is 8.55. The van der Waals surface area contributed by atoms with Crippen LogP contribution in [0.1, 0.15) is 37.3 Å². The summed E-state index contributed by atoms with van der Waals surface area (Å²) >= 11 is 0. The Morgan fingerprint density at radius 2 is 2.12 bits per heavy atom. The number of nitrogens with zero attached hydrogens (tertiary/aromatic N) is 1. The van der Waals surface area contributed by atoms with E-state index in [2.05, 4.69) is 24.0 Å². The molecule has 5 nitrogen and oxygen atoms in total. The Morgan fingerprint density at radius 1 is 1.38 bits per heavy atom. The van der Waals surface area contributed by atoms with Crippen molar-refractivity contribution in [3.8, 4) is 0 Å². The molecule has 2 N–H and O–H groups in total. The summed E-state index contributed by atoms with van der Waals surface area (Å²) in [5.74, 6) is -1.31. The molecule has 1 heterocycles. The zero-order chi connectivity index (χ0) is 17.3. The van der Waals surface area contributed by atoms with Crippen LogP contribution in [0.2, 0.25) is 0 Å². The van der Waals surface area contributed by atoms with E-state index in [9.17, 15) is 9.59 Å². The highest BCUT2D eigenvalue weighted by Crippen LogP contribution is 2.29. The van der Waals surface area contributed by atoms with Crippen molar-refractivity contribution in [1.29, 1.82) is 0 Å². The topological polar surface area (TPSA) is 73.4 Å². The van der Waals surface area contributed by atoms with Crippen molar-refractivity contribution < 1.29 is 14.7 Å². The number of benzene rings is 1. The molecule has 0 saturated heterocycles. The third-order valence-electron chi connectivity index (χ3n) is 4.82. The van der Waals surface area contributed by atoms with Crippen LogP contribution in [0.15, 0.2) is 24.4 Å². The lowest BCUT2D eigenvalue weighted by atomic mass is 10.1. The summed E-state index contributed by atoms with van der Waals surface area (Å²) in [6.07, 6.45) is 5.05. The molecule has 1 aliphatic carbocycles. The van der Waals surface area contributed by atoms with Gasteiger partial charge in [-0.25, -0.2) is 0 Å². The highest BCUT2D eigenvalue weighted by Gasteiger charge is 2.34. The van der Waals surface area contributed by atoms with Gasteiger partial charge in [0.15, 0.2) is 0 Å². The molecule has 2 aromatic rings. The number of amides is 1. The molecule has 1 unspecified atom stereocenters. The number of carbonyl (C=O) groups is 2. The van der Waals surface area contributed by atoms with Crippen LogP contribution >= 0.6 is 0 Å². The molecule has 128 valence electrons. The molecule has 0 spiro atoms. The minimum Gasteiger partial charge on any atom is -0.481 e. The number of rotatable bonds is 7. The zero-order valence-electron chi connectivity index (χ0n) is 14.2. The van der Waals surface area contributed by atoms with Crippen LogP contribution in [-0.4, -0.2) is 39.5 Å². The van der Waals surface area contributed by atoms with Gasteiger partial charge < -0.3 is 15.0 Å². The summed E-state index contributed by atoms with van der Waals surface area (Å²) in [5.41, 5.74) is 3.46. The van der Waals surface area contributed by atoms with Gasteiger partial charge in [-0.1, -0.05) is 25.1 Å². The van der Waals surface area contributed by atoms with E-state index >= 15 is 0 Å². The van der Waals surface area contributed by atoms with Gasteiger partial charge in [0.1, 0.15) is 0 Å². The molecule has 3 rings (SSSR count). The Balaban J connectivity index is 1.66. The predicted molar refractivity (Wildman–Crippen MR) is 92.9 cm³/mol. The molecule has 1 aromatic heterocycles. The summed E-state index contributed by atoms with van der Waals surface area (Å²) in [6.45, 7) is 4.04. The molecular formula is C19H24N2O3. The van der Waals surface area contributed by atoms with Gasteiger partial charge in [0, 0.05) is 36.1 Å². The van der Waals surface area contributed by atoms with Crippen LogP contribution in [-0.2, 0) is 16.0 Å². The number of aromatic amines is 1. The smallest absolute Gasteiger partial charge is 0.308 e. The lowest BCUT2D eigenvalue weighted by Gasteiger charge is -2.24. The number of aryl methyl sites for hydroxylation is 2. The SMILES string of the molecule is Cc1cccc2c(CCC(=O)N(CC(C)C(=O)O)C3CC3)c[nH]c12. The maximum Gasteiger partial charge on any atom is 0.308 e. The Kier molecular flexibility index (Phi) is 4.60. The molecule has 1 amide bonds. The van der Waals surface area contributed by atoms with E-state index < -0.39 is 11.9 Å². The van der Waals surface area contributed by atoms with Crippen LogP contribution < -0.4 is 0 Å². The van der Waals surface area contributed by atoms with Gasteiger partial charge in [-0.2, -0.15) is 0 Å². The van der Waals surface area contributed by atoms with Crippen molar-refractivity contribution in [3.63, 3.8) is 0 Å². The van der Waals surface area contributed by atoms with Gasteiger partial charge in [-0.05, 0) is 37.3 Å². The molecule has 1 saturated carbocycles. The monoisotopic (exact) mass is 328 g/mol. The van der Waals surface area contributed by atoms with Gasteiger partial charge in [0.25, 0.3) is 0 Å². The Hall–Kier alpha value is -2.30. The minimum absolute atomic E-state index is 0.0626. The van der Waals surface area contributed by atoms with Crippen molar-refractivity contribution in [2.24, 2.45) is 5.92 Å². The van der Waals surface area contributed by atoms with Crippen molar-refractivity contribution in [1.82, 2.24) is 9.88 Å². The molecule has 0 bridgehead atoms. The van der Waals surface area contributed by atoms with Gasteiger partial charge in [0.05, 0.1) is 5.92 Å². The molecule has 24 heavy (non-hydrogen) atoms. The van der Waals surface area contributed by atoms with Crippen LogP contribution in [0, 0.1) is 12.8 Å². The van der Waals surface area contributed by atoms with E-state index in [1.165, 1.54) is 10.9 Å². The molecular weight excluding hydrogens is 304 g/mol. The number of hydrogen-bond donors (Lipinski definition) is 2. The standard InChI is InChI=1S/C19H24N2O3/c1-12-4-3-5-16-14(10-20-18(12)16)6-9-17(22)21(15-7-8-15)11-13(2)19(23)24/h3-5,10,13,15,20H,6-9,11H2,1-2H3,(H,23,24). The number of carboxylic acids is 1. The second kappa shape index (κ2) is 6.67. The minimum atomic E-state index is -0.847. The van der Waals surface area contributed by atoms with Crippen molar-refractivity contribution in [2.75, 3.05) is 6.54 Å². The lowest BCUT2D eigenvalue weighted by Crippen LogP contribution is -2.38. The largest absolute Gasteiger partial charge is 0.481 e. The van der Waals surface area contributed by atoms with E-state index in [0.29, 0.717) is 19.4 Å². The molecule has 1 aliphatic rings. The number of carbonyl (C=O) groups excluding carboxylic acids is 1. The van der Waals surface area contributed by atoms with Crippen molar-refractivity contribution >= 4 is 22.8 Å². The van der Waals surface area contributed by atoms with E-state index in [-0.39, 0.29) is 11.9 Å². The first-order valence-electron chi connectivity index (χ1n) is 8.55. The van der Waals surface area contributed by atoms with Gasteiger partial charge >= 0.3 is 5.97 Å². The third kappa shape index (κ3) is 3.45. The molecule has 1 fully saturated rings.